The number of halogens is 2. The molecule has 0 atom stereocenters. The zero-order chi connectivity index (χ0) is 15.8. The van der Waals surface area contributed by atoms with E-state index in [9.17, 15) is 8.42 Å². The van der Waals surface area contributed by atoms with Crippen molar-refractivity contribution in [2.24, 2.45) is 7.05 Å². The molecule has 0 amide bonds. The molecule has 1 aromatic carbocycles. The van der Waals surface area contributed by atoms with Gasteiger partial charge in [0.2, 0.25) is 0 Å². The fraction of sp³-hybridized carbons (Fsp3) is 0.308. The molecule has 0 aliphatic carbocycles. The summed E-state index contributed by atoms with van der Waals surface area (Å²) in [4.78, 5) is 0.108. The fourth-order valence-electron chi connectivity index (χ4n) is 1.94. The lowest BCUT2D eigenvalue weighted by Crippen LogP contribution is -2.09. The highest BCUT2D eigenvalue weighted by Gasteiger charge is 2.22. The van der Waals surface area contributed by atoms with Crippen LogP contribution < -0.4 is 5.73 Å². The van der Waals surface area contributed by atoms with Crippen molar-refractivity contribution < 1.29 is 8.42 Å². The van der Waals surface area contributed by atoms with Crippen LogP contribution in [0.15, 0.2) is 23.1 Å². The number of hydrogen-bond acceptors (Lipinski definition) is 4. The third kappa shape index (κ3) is 3.17. The van der Waals surface area contributed by atoms with E-state index in [1.807, 2.05) is 6.92 Å². The Bertz CT molecular complexity index is 785. The topological polar surface area (TPSA) is 78.0 Å². The maximum atomic E-state index is 12.5. The molecule has 0 radical (unpaired) electrons. The molecule has 0 aliphatic rings. The Morgan fingerprint density at radius 1 is 1.33 bits per heavy atom. The summed E-state index contributed by atoms with van der Waals surface area (Å²) in [6.45, 7) is 1.91. The van der Waals surface area contributed by atoms with Crippen LogP contribution in [0.1, 0.15) is 18.3 Å². The second-order valence-corrected chi connectivity index (χ2v) is 7.40. The molecule has 0 saturated carbocycles. The minimum absolute atomic E-state index is 0.108. The van der Waals surface area contributed by atoms with Gasteiger partial charge in [-0.15, -0.1) is 0 Å². The fourth-order valence-corrected chi connectivity index (χ4v) is 4.06. The van der Waals surface area contributed by atoms with Gasteiger partial charge in [0.25, 0.3) is 0 Å². The molecule has 0 unspecified atom stereocenters. The third-order valence-electron chi connectivity index (χ3n) is 3.16. The molecule has 0 saturated heterocycles. The molecule has 0 fully saturated rings. The van der Waals surface area contributed by atoms with Crippen LogP contribution in [-0.4, -0.2) is 18.2 Å². The standard InChI is InChI=1S/C13H15Cl2N3O2S/c1-3-11-13(15)12(18(2)17-11)7-21(19,20)8-4-5-10(16)9(14)6-8/h4-6H,3,7,16H2,1-2H3. The van der Waals surface area contributed by atoms with E-state index >= 15 is 0 Å². The van der Waals surface area contributed by atoms with Gasteiger partial charge in [-0.05, 0) is 24.6 Å². The number of aromatic nitrogens is 2. The van der Waals surface area contributed by atoms with E-state index in [0.717, 1.165) is 0 Å². The highest BCUT2D eigenvalue weighted by atomic mass is 35.5. The van der Waals surface area contributed by atoms with Gasteiger partial charge >= 0.3 is 0 Å². The predicted octanol–water partition coefficient (Wildman–Crippen LogP) is 2.85. The van der Waals surface area contributed by atoms with E-state index in [0.29, 0.717) is 28.5 Å². The van der Waals surface area contributed by atoms with Crippen molar-refractivity contribution >= 4 is 38.7 Å². The SMILES string of the molecule is CCc1nn(C)c(CS(=O)(=O)c2ccc(N)c(Cl)c2)c1Cl. The molecular weight excluding hydrogens is 333 g/mol. The smallest absolute Gasteiger partial charge is 0.184 e. The zero-order valence-electron chi connectivity index (χ0n) is 11.6. The highest BCUT2D eigenvalue weighted by Crippen LogP contribution is 2.28. The Morgan fingerprint density at radius 2 is 2.00 bits per heavy atom. The third-order valence-corrected chi connectivity index (χ3v) is 5.55. The van der Waals surface area contributed by atoms with Crippen molar-refractivity contribution in [3.8, 4) is 0 Å². The van der Waals surface area contributed by atoms with E-state index in [4.69, 9.17) is 28.9 Å². The number of rotatable bonds is 4. The molecule has 5 nitrogen and oxygen atoms in total. The minimum atomic E-state index is -3.58. The van der Waals surface area contributed by atoms with Crippen molar-refractivity contribution in [1.82, 2.24) is 9.78 Å². The average Bonchev–Trinajstić information content (AvgIpc) is 2.69. The predicted molar refractivity (Wildman–Crippen MR) is 84.4 cm³/mol. The highest BCUT2D eigenvalue weighted by molar-refractivity contribution is 7.90. The van der Waals surface area contributed by atoms with Crippen LogP contribution in [-0.2, 0) is 29.1 Å². The molecule has 0 spiro atoms. The summed E-state index contributed by atoms with van der Waals surface area (Å²) >= 11 is 12.1. The molecule has 8 heteroatoms. The maximum Gasteiger partial charge on any atom is 0.184 e. The number of sulfone groups is 1. The summed E-state index contributed by atoms with van der Waals surface area (Å²) in [6.07, 6.45) is 0.639. The Kier molecular flexibility index (Phi) is 4.51. The van der Waals surface area contributed by atoms with E-state index in [1.165, 1.54) is 22.9 Å². The van der Waals surface area contributed by atoms with Gasteiger partial charge < -0.3 is 5.73 Å². The van der Waals surface area contributed by atoms with Crippen molar-refractivity contribution in [2.45, 2.75) is 24.0 Å². The van der Waals surface area contributed by atoms with Crippen LogP contribution in [0, 0.1) is 0 Å². The molecule has 114 valence electrons. The van der Waals surface area contributed by atoms with E-state index in [-0.39, 0.29) is 15.7 Å². The first-order chi connectivity index (χ1) is 9.76. The summed E-state index contributed by atoms with van der Waals surface area (Å²) in [6, 6.07) is 4.25. The van der Waals surface area contributed by atoms with Gasteiger partial charge in [0, 0.05) is 7.05 Å². The van der Waals surface area contributed by atoms with E-state index in [1.54, 1.807) is 7.05 Å². The molecule has 2 aromatic rings. The number of nitrogen functional groups attached to an aromatic ring is 1. The molecule has 21 heavy (non-hydrogen) atoms. The summed E-state index contributed by atoms with van der Waals surface area (Å²) in [5.41, 5.74) is 7.07. The van der Waals surface area contributed by atoms with Crippen LogP contribution in [0.25, 0.3) is 0 Å². The number of nitrogens with zero attached hydrogens (tertiary/aromatic N) is 2. The maximum absolute atomic E-state index is 12.5. The van der Waals surface area contributed by atoms with Crippen LogP contribution in [0.2, 0.25) is 10.0 Å². The second-order valence-electron chi connectivity index (χ2n) is 4.63. The number of aryl methyl sites for hydroxylation is 2. The van der Waals surface area contributed by atoms with Crippen LogP contribution >= 0.6 is 23.2 Å². The number of anilines is 1. The Labute approximate surface area is 133 Å². The van der Waals surface area contributed by atoms with Crippen molar-refractivity contribution in [3.63, 3.8) is 0 Å². The number of benzene rings is 1. The molecule has 2 rings (SSSR count). The van der Waals surface area contributed by atoms with Crippen LogP contribution in [0.3, 0.4) is 0 Å². The van der Waals surface area contributed by atoms with Gasteiger partial charge in [0.05, 0.1) is 37.8 Å². The summed E-state index contributed by atoms with van der Waals surface area (Å²) in [7, 11) is -1.91. The number of hydrogen-bond donors (Lipinski definition) is 1. The number of nitrogens with two attached hydrogens (primary N) is 1. The summed E-state index contributed by atoms with van der Waals surface area (Å²) in [5, 5.41) is 4.82. The van der Waals surface area contributed by atoms with Crippen LogP contribution in [0.5, 0.6) is 0 Å². The van der Waals surface area contributed by atoms with Crippen molar-refractivity contribution in [3.05, 3.63) is 39.6 Å². The van der Waals surface area contributed by atoms with Gasteiger partial charge in [-0.1, -0.05) is 30.1 Å². The Morgan fingerprint density at radius 3 is 2.52 bits per heavy atom. The van der Waals surface area contributed by atoms with Gasteiger partial charge in [0.1, 0.15) is 0 Å². The molecule has 0 aliphatic heterocycles. The average molecular weight is 348 g/mol. The lowest BCUT2D eigenvalue weighted by molar-refractivity contribution is 0.591. The summed E-state index contributed by atoms with van der Waals surface area (Å²) in [5.74, 6) is -0.240. The largest absolute Gasteiger partial charge is 0.398 e. The minimum Gasteiger partial charge on any atom is -0.398 e. The lowest BCUT2D eigenvalue weighted by atomic mass is 10.3. The first-order valence-electron chi connectivity index (χ1n) is 6.24. The molecule has 1 heterocycles. The molecule has 2 N–H and O–H groups in total. The van der Waals surface area contributed by atoms with E-state index in [2.05, 4.69) is 5.10 Å². The van der Waals surface area contributed by atoms with Gasteiger partial charge in [0.15, 0.2) is 9.84 Å². The van der Waals surface area contributed by atoms with Crippen LogP contribution in [0.4, 0.5) is 5.69 Å². The van der Waals surface area contributed by atoms with Gasteiger partial charge in [-0.3, -0.25) is 4.68 Å². The molecule has 0 bridgehead atoms. The second kappa shape index (κ2) is 5.87. The first-order valence-corrected chi connectivity index (χ1v) is 8.65. The van der Waals surface area contributed by atoms with Crippen molar-refractivity contribution in [1.29, 1.82) is 0 Å². The molecule has 1 aromatic heterocycles. The quantitative estimate of drug-likeness (QED) is 0.862. The monoisotopic (exact) mass is 347 g/mol. The van der Waals surface area contributed by atoms with Gasteiger partial charge in [-0.2, -0.15) is 5.10 Å². The Balaban J connectivity index is 2.42. The lowest BCUT2D eigenvalue weighted by Gasteiger charge is -2.07. The first kappa shape index (κ1) is 16.1. The normalized spacial score (nSPS) is 11.8. The Hall–Kier alpha value is -1.24. The molecular formula is C13H15Cl2N3O2S. The van der Waals surface area contributed by atoms with E-state index < -0.39 is 9.84 Å². The summed E-state index contributed by atoms with van der Waals surface area (Å²) < 4.78 is 26.4. The zero-order valence-corrected chi connectivity index (χ0v) is 13.9. The van der Waals surface area contributed by atoms with Crippen molar-refractivity contribution in [2.75, 3.05) is 5.73 Å². The van der Waals surface area contributed by atoms with Gasteiger partial charge in [-0.25, -0.2) is 8.42 Å².